The lowest BCUT2D eigenvalue weighted by atomic mass is 9.98. The molecule has 0 heterocycles. The first-order valence-corrected chi connectivity index (χ1v) is 7.30. The lowest BCUT2D eigenvalue weighted by Gasteiger charge is -2.20. The maximum atomic E-state index is 14.0. The topological polar surface area (TPSA) is 12.0 Å². The van der Waals surface area contributed by atoms with Gasteiger partial charge in [-0.1, -0.05) is 22.0 Å². The summed E-state index contributed by atoms with van der Waals surface area (Å²) in [4.78, 5) is 0. The highest BCUT2D eigenvalue weighted by Crippen LogP contribution is 2.33. The van der Waals surface area contributed by atoms with Crippen molar-refractivity contribution in [3.8, 4) is 0 Å². The predicted octanol–water partition coefficient (Wildman–Crippen LogP) is 4.94. The van der Waals surface area contributed by atoms with Crippen LogP contribution in [0.25, 0.3) is 0 Å². The predicted molar refractivity (Wildman–Crippen MR) is 79.1 cm³/mol. The molecule has 0 amide bonds. The summed E-state index contributed by atoms with van der Waals surface area (Å²) in [7, 11) is 1.62. The Morgan fingerprint density at radius 3 is 2.25 bits per heavy atom. The van der Waals surface area contributed by atoms with Gasteiger partial charge in [0.2, 0.25) is 0 Å². The second-order valence-electron chi connectivity index (χ2n) is 4.15. The molecule has 1 N–H and O–H groups in total. The number of hydrogen-bond donors (Lipinski definition) is 1. The highest BCUT2D eigenvalue weighted by atomic mass is 79.9. The molecule has 0 aromatic heterocycles. The fourth-order valence-corrected chi connectivity index (χ4v) is 2.91. The fourth-order valence-electron chi connectivity index (χ4n) is 1.98. The third kappa shape index (κ3) is 2.92. The SMILES string of the molecule is CNC(c1cc(Br)ccc1F)c1ccc(F)c(F)c1Br. The summed E-state index contributed by atoms with van der Waals surface area (Å²) in [6.45, 7) is 0. The monoisotopic (exact) mass is 407 g/mol. The van der Waals surface area contributed by atoms with Crippen molar-refractivity contribution >= 4 is 31.9 Å². The second-order valence-corrected chi connectivity index (χ2v) is 5.86. The van der Waals surface area contributed by atoms with Crippen LogP contribution in [0.4, 0.5) is 13.2 Å². The molecule has 1 unspecified atom stereocenters. The minimum absolute atomic E-state index is 0.0174. The van der Waals surface area contributed by atoms with Crippen molar-refractivity contribution in [1.29, 1.82) is 0 Å². The van der Waals surface area contributed by atoms with E-state index in [9.17, 15) is 13.2 Å². The van der Waals surface area contributed by atoms with Gasteiger partial charge < -0.3 is 5.32 Å². The van der Waals surface area contributed by atoms with E-state index in [1.165, 1.54) is 12.1 Å². The molecule has 0 aliphatic rings. The molecule has 0 radical (unpaired) electrons. The molecule has 0 aliphatic carbocycles. The smallest absolute Gasteiger partial charge is 0.173 e. The molecule has 1 nitrogen and oxygen atoms in total. The Hall–Kier alpha value is -0.850. The molecule has 0 saturated heterocycles. The van der Waals surface area contributed by atoms with E-state index in [-0.39, 0.29) is 4.47 Å². The molecule has 1 atom stereocenters. The molecule has 6 heteroatoms. The molecule has 0 aliphatic heterocycles. The highest BCUT2D eigenvalue weighted by molar-refractivity contribution is 9.10. The maximum Gasteiger partial charge on any atom is 0.173 e. The number of hydrogen-bond acceptors (Lipinski definition) is 1. The first-order valence-electron chi connectivity index (χ1n) is 5.71. The van der Waals surface area contributed by atoms with Crippen LogP contribution in [0.1, 0.15) is 17.2 Å². The Bertz CT molecular complexity index is 647. The molecule has 2 rings (SSSR count). The Labute approximate surface area is 131 Å². The van der Waals surface area contributed by atoms with Gasteiger partial charge in [0, 0.05) is 10.0 Å². The zero-order chi connectivity index (χ0) is 14.9. The third-order valence-corrected chi connectivity index (χ3v) is 4.23. The summed E-state index contributed by atoms with van der Waals surface area (Å²) in [5.74, 6) is -2.37. The summed E-state index contributed by atoms with van der Waals surface area (Å²) in [5, 5.41) is 2.91. The largest absolute Gasteiger partial charge is 0.309 e. The van der Waals surface area contributed by atoms with Crippen molar-refractivity contribution in [2.24, 2.45) is 0 Å². The number of nitrogens with one attached hydrogen (secondary N) is 1. The lowest BCUT2D eigenvalue weighted by Crippen LogP contribution is -2.20. The molecular formula is C14H10Br2F3N. The zero-order valence-electron chi connectivity index (χ0n) is 10.4. The summed E-state index contributed by atoms with van der Waals surface area (Å²) < 4.78 is 41.4. The van der Waals surface area contributed by atoms with E-state index >= 15 is 0 Å². The Morgan fingerprint density at radius 2 is 1.60 bits per heavy atom. The molecule has 20 heavy (non-hydrogen) atoms. The van der Waals surface area contributed by atoms with E-state index in [4.69, 9.17) is 0 Å². The van der Waals surface area contributed by atoms with Gasteiger partial charge in [0.05, 0.1) is 10.5 Å². The number of benzene rings is 2. The molecular weight excluding hydrogens is 399 g/mol. The standard InChI is InChI=1S/C14H10Br2F3N/c1-20-14(9-6-7(15)2-4-10(9)17)8-3-5-11(18)13(19)12(8)16/h2-6,14,20H,1H3. The molecule has 106 valence electrons. The van der Waals surface area contributed by atoms with Crippen LogP contribution >= 0.6 is 31.9 Å². The van der Waals surface area contributed by atoms with Crippen molar-refractivity contribution in [2.45, 2.75) is 6.04 Å². The second kappa shape index (κ2) is 6.28. The Kier molecular flexibility index (Phi) is 4.88. The average molecular weight is 409 g/mol. The van der Waals surface area contributed by atoms with Crippen molar-refractivity contribution in [2.75, 3.05) is 7.05 Å². The van der Waals surface area contributed by atoms with Crippen LogP contribution in [0.2, 0.25) is 0 Å². The molecule has 0 bridgehead atoms. The quantitative estimate of drug-likeness (QED) is 0.709. The van der Waals surface area contributed by atoms with Crippen molar-refractivity contribution in [3.05, 3.63) is 67.9 Å². The maximum absolute atomic E-state index is 14.0. The average Bonchev–Trinajstić information content (AvgIpc) is 2.43. The lowest BCUT2D eigenvalue weighted by molar-refractivity contribution is 0.498. The fraction of sp³-hybridized carbons (Fsp3) is 0.143. The van der Waals surface area contributed by atoms with Gasteiger partial charge in [0.25, 0.3) is 0 Å². The van der Waals surface area contributed by atoms with Gasteiger partial charge in [-0.2, -0.15) is 0 Å². The molecule has 0 fully saturated rings. The first-order chi connectivity index (χ1) is 9.45. The molecule has 0 saturated carbocycles. The highest BCUT2D eigenvalue weighted by Gasteiger charge is 2.22. The van der Waals surface area contributed by atoms with Crippen LogP contribution < -0.4 is 5.32 Å². The first kappa shape index (κ1) is 15.5. The summed E-state index contributed by atoms with van der Waals surface area (Å²) in [6, 6.07) is 6.34. The zero-order valence-corrected chi connectivity index (χ0v) is 13.5. The van der Waals surface area contributed by atoms with Crippen LogP contribution in [0, 0.1) is 17.5 Å². The Balaban J connectivity index is 2.58. The van der Waals surface area contributed by atoms with E-state index in [1.807, 2.05) is 0 Å². The van der Waals surface area contributed by atoms with Gasteiger partial charge in [-0.15, -0.1) is 0 Å². The van der Waals surface area contributed by atoms with Gasteiger partial charge in [0.1, 0.15) is 5.82 Å². The van der Waals surface area contributed by atoms with Crippen molar-refractivity contribution < 1.29 is 13.2 Å². The van der Waals surface area contributed by atoms with Crippen molar-refractivity contribution in [1.82, 2.24) is 5.32 Å². The third-order valence-electron chi connectivity index (χ3n) is 2.93. The van der Waals surface area contributed by atoms with Gasteiger partial charge >= 0.3 is 0 Å². The van der Waals surface area contributed by atoms with Crippen LogP contribution in [-0.2, 0) is 0 Å². The van der Waals surface area contributed by atoms with Gasteiger partial charge in [0.15, 0.2) is 11.6 Å². The summed E-state index contributed by atoms with van der Waals surface area (Å²) >= 11 is 6.29. The normalized spacial score (nSPS) is 12.5. The number of rotatable bonds is 3. The molecule has 2 aromatic carbocycles. The van der Waals surface area contributed by atoms with E-state index in [2.05, 4.69) is 37.2 Å². The van der Waals surface area contributed by atoms with Crippen LogP contribution in [-0.4, -0.2) is 7.05 Å². The van der Waals surface area contributed by atoms with E-state index in [0.29, 0.717) is 15.6 Å². The van der Waals surface area contributed by atoms with Gasteiger partial charge in [-0.25, -0.2) is 13.2 Å². The van der Waals surface area contributed by atoms with E-state index in [1.54, 1.807) is 19.2 Å². The molecule has 0 spiro atoms. The van der Waals surface area contributed by atoms with E-state index in [0.717, 1.165) is 6.07 Å². The summed E-state index contributed by atoms with van der Waals surface area (Å²) in [5.41, 5.74) is 0.761. The van der Waals surface area contributed by atoms with Gasteiger partial charge in [-0.05, 0) is 52.8 Å². The van der Waals surface area contributed by atoms with Crippen LogP contribution in [0.5, 0.6) is 0 Å². The minimum atomic E-state index is -0.988. The summed E-state index contributed by atoms with van der Waals surface area (Å²) in [6.07, 6.45) is 0. The van der Waals surface area contributed by atoms with Crippen LogP contribution in [0.3, 0.4) is 0 Å². The number of halogens is 5. The van der Waals surface area contributed by atoms with Crippen molar-refractivity contribution in [3.63, 3.8) is 0 Å². The van der Waals surface area contributed by atoms with E-state index < -0.39 is 23.5 Å². The molecule has 2 aromatic rings. The van der Waals surface area contributed by atoms with Gasteiger partial charge in [-0.3, -0.25) is 0 Å². The van der Waals surface area contributed by atoms with Crippen LogP contribution in [0.15, 0.2) is 39.3 Å². The Morgan fingerprint density at radius 1 is 0.950 bits per heavy atom. The minimum Gasteiger partial charge on any atom is -0.309 e.